The van der Waals surface area contributed by atoms with Gasteiger partial charge in [0.15, 0.2) is 0 Å². The number of imide groups is 1. The SMILES string of the molecule is Cc1ccc(C(=O)Nc2ccc(F)cc2)cc1NC1=C(Cl)C(=O)N(c2ccc(Cl)cc2)C1=O. The molecule has 3 aromatic carbocycles. The number of nitrogens with one attached hydrogen (secondary N) is 2. The van der Waals surface area contributed by atoms with Gasteiger partial charge in [-0.05, 0) is 73.2 Å². The van der Waals surface area contributed by atoms with Crippen molar-refractivity contribution >= 4 is 58.0 Å². The van der Waals surface area contributed by atoms with Crippen LogP contribution in [0.1, 0.15) is 15.9 Å². The first-order chi connectivity index (χ1) is 15.7. The third-order valence-corrected chi connectivity index (χ3v) is 5.58. The molecule has 9 heteroatoms. The Hall–Kier alpha value is -3.68. The molecule has 6 nitrogen and oxygen atoms in total. The zero-order chi connectivity index (χ0) is 23.7. The topological polar surface area (TPSA) is 78.5 Å². The lowest BCUT2D eigenvalue weighted by Crippen LogP contribution is -2.32. The molecule has 4 rings (SSSR count). The molecule has 3 amide bonds. The first-order valence-corrected chi connectivity index (χ1v) is 10.5. The number of carbonyl (C=O) groups is 3. The molecule has 2 N–H and O–H groups in total. The molecule has 0 aliphatic carbocycles. The van der Waals surface area contributed by atoms with Gasteiger partial charge in [0, 0.05) is 22.0 Å². The van der Waals surface area contributed by atoms with Crippen molar-refractivity contribution in [2.45, 2.75) is 6.92 Å². The van der Waals surface area contributed by atoms with Crippen molar-refractivity contribution in [1.29, 1.82) is 0 Å². The summed E-state index contributed by atoms with van der Waals surface area (Å²) in [6, 6.07) is 16.4. The summed E-state index contributed by atoms with van der Waals surface area (Å²) in [5, 5.41) is 5.76. The number of nitrogens with zero attached hydrogens (tertiary/aromatic N) is 1. The summed E-state index contributed by atoms with van der Waals surface area (Å²) in [5.41, 5.74) is 2.08. The van der Waals surface area contributed by atoms with Crippen LogP contribution in [0.25, 0.3) is 0 Å². The summed E-state index contributed by atoms with van der Waals surface area (Å²) in [7, 11) is 0. The molecule has 1 heterocycles. The van der Waals surface area contributed by atoms with Crippen LogP contribution < -0.4 is 15.5 Å². The molecule has 1 aliphatic rings. The monoisotopic (exact) mass is 483 g/mol. The van der Waals surface area contributed by atoms with Gasteiger partial charge in [-0.3, -0.25) is 14.4 Å². The normalized spacial score (nSPS) is 13.5. The van der Waals surface area contributed by atoms with Gasteiger partial charge in [-0.1, -0.05) is 29.3 Å². The molecule has 0 spiro atoms. The lowest BCUT2D eigenvalue weighted by atomic mass is 10.1. The zero-order valence-electron chi connectivity index (χ0n) is 17.2. The minimum Gasteiger partial charge on any atom is -0.349 e. The molecule has 0 unspecified atom stereocenters. The van der Waals surface area contributed by atoms with Gasteiger partial charge in [-0.15, -0.1) is 0 Å². The number of anilines is 3. The number of aryl methyl sites for hydroxylation is 1. The smallest absolute Gasteiger partial charge is 0.283 e. The average Bonchev–Trinajstić information content (AvgIpc) is 3.00. The number of carbonyl (C=O) groups excluding carboxylic acids is 3. The van der Waals surface area contributed by atoms with Crippen molar-refractivity contribution in [2.24, 2.45) is 0 Å². The third kappa shape index (κ3) is 4.60. The molecule has 1 aliphatic heterocycles. The second kappa shape index (κ2) is 9.05. The van der Waals surface area contributed by atoms with E-state index in [0.29, 0.717) is 22.1 Å². The van der Waals surface area contributed by atoms with Gasteiger partial charge in [-0.2, -0.15) is 0 Å². The maximum absolute atomic E-state index is 13.1. The molecule has 0 saturated heterocycles. The largest absolute Gasteiger partial charge is 0.349 e. The van der Waals surface area contributed by atoms with Crippen LogP contribution in [0.5, 0.6) is 0 Å². The lowest BCUT2D eigenvalue weighted by Gasteiger charge is -2.16. The van der Waals surface area contributed by atoms with Crippen molar-refractivity contribution in [3.8, 4) is 0 Å². The highest BCUT2D eigenvalue weighted by Crippen LogP contribution is 2.31. The van der Waals surface area contributed by atoms with Crippen LogP contribution in [0.15, 0.2) is 77.5 Å². The maximum atomic E-state index is 13.1. The molecule has 0 fully saturated rings. The molecule has 3 aromatic rings. The Kier molecular flexibility index (Phi) is 6.18. The van der Waals surface area contributed by atoms with Crippen LogP contribution in [0.3, 0.4) is 0 Å². The van der Waals surface area contributed by atoms with Crippen molar-refractivity contribution in [3.05, 3.63) is 99.4 Å². The summed E-state index contributed by atoms with van der Waals surface area (Å²) in [4.78, 5) is 39.2. The van der Waals surface area contributed by atoms with Crippen molar-refractivity contribution in [1.82, 2.24) is 0 Å². The van der Waals surface area contributed by atoms with E-state index >= 15 is 0 Å². The Morgan fingerprint density at radius 2 is 1.58 bits per heavy atom. The highest BCUT2D eigenvalue weighted by molar-refractivity contribution is 6.53. The second-order valence-corrected chi connectivity index (χ2v) is 8.04. The molecule has 0 saturated carbocycles. The van der Waals surface area contributed by atoms with Crippen molar-refractivity contribution in [2.75, 3.05) is 15.5 Å². The van der Waals surface area contributed by atoms with E-state index in [1.165, 1.54) is 42.5 Å². The van der Waals surface area contributed by atoms with Crippen LogP contribution in [0, 0.1) is 12.7 Å². The quantitative estimate of drug-likeness (QED) is 0.471. The second-order valence-electron chi connectivity index (χ2n) is 7.23. The average molecular weight is 484 g/mol. The maximum Gasteiger partial charge on any atom is 0.283 e. The van der Waals surface area contributed by atoms with Crippen LogP contribution >= 0.6 is 23.2 Å². The van der Waals surface area contributed by atoms with Crippen LogP contribution in [-0.4, -0.2) is 17.7 Å². The minimum atomic E-state index is -0.672. The highest BCUT2D eigenvalue weighted by Gasteiger charge is 2.39. The first kappa shape index (κ1) is 22.5. The van der Waals surface area contributed by atoms with Crippen LogP contribution in [-0.2, 0) is 9.59 Å². The Balaban J connectivity index is 1.57. The summed E-state index contributed by atoms with van der Waals surface area (Å²) in [6.45, 7) is 1.77. The van der Waals surface area contributed by atoms with E-state index in [2.05, 4.69) is 10.6 Å². The molecule has 0 aromatic heterocycles. The highest BCUT2D eigenvalue weighted by atomic mass is 35.5. The van der Waals surface area contributed by atoms with E-state index in [9.17, 15) is 18.8 Å². The molecule has 0 bridgehead atoms. The lowest BCUT2D eigenvalue weighted by molar-refractivity contribution is -0.120. The fraction of sp³-hybridized carbons (Fsp3) is 0.0417. The Morgan fingerprint density at radius 3 is 2.24 bits per heavy atom. The Morgan fingerprint density at radius 1 is 0.909 bits per heavy atom. The molecular weight excluding hydrogens is 468 g/mol. The van der Waals surface area contributed by atoms with Gasteiger partial charge in [0.05, 0.1) is 5.69 Å². The van der Waals surface area contributed by atoms with Gasteiger partial charge in [0.1, 0.15) is 16.5 Å². The molecule has 0 radical (unpaired) electrons. The summed E-state index contributed by atoms with van der Waals surface area (Å²) in [5.74, 6) is -2.15. The van der Waals surface area contributed by atoms with Gasteiger partial charge in [0.2, 0.25) is 0 Å². The van der Waals surface area contributed by atoms with Gasteiger partial charge in [-0.25, -0.2) is 9.29 Å². The zero-order valence-corrected chi connectivity index (χ0v) is 18.7. The Bertz CT molecular complexity index is 1310. The number of amides is 3. The van der Waals surface area contributed by atoms with E-state index in [1.54, 1.807) is 31.2 Å². The van der Waals surface area contributed by atoms with E-state index in [-0.39, 0.29) is 16.3 Å². The van der Waals surface area contributed by atoms with E-state index in [0.717, 1.165) is 10.5 Å². The summed E-state index contributed by atoms with van der Waals surface area (Å²) < 4.78 is 13.1. The van der Waals surface area contributed by atoms with Crippen molar-refractivity contribution in [3.63, 3.8) is 0 Å². The van der Waals surface area contributed by atoms with E-state index in [1.807, 2.05) is 0 Å². The standard InChI is InChI=1S/C24H16Cl2FN3O3/c1-13-2-3-14(22(31)28-17-8-6-16(27)7-9-17)12-19(13)29-21-20(26)23(32)30(24(21)33)18-10-4-15(25)5-11-18/h2-12,29H,1H3,(H,28,31). The number of hydrogen-bond donors (Lipinski definition) is 2. The van der Waals surface area contributed by atoms with Crippen molar-refractivity contribution < 1.29 is 18.8 Å². The molecule has 0 atom stereocenters. The Labute approximate surface area is 198 Å². The third-order valence-electron chi connectivity index (χ3n) is 4.97. The van der Waals surface area contributed by atoms with Gasteiger partial charge < -0.3 is 10.6 Å². The molecule has 33 heavy (non-hydrogen) atoms. The first-order valence-electron chi connectivity index (χ1n) is 9.73. The number of halogens is 3. The number of benzene rings is 3. The van der Waals surface area contributed by atoms with Gasteiger partial charge >= 0.3 is 0 Å². The van der Waals surface area contributed by atoms with Crippen LogP contribution in [0.2, 0.25) is 5.02 Å². The fourth-order valence-corrected chi connectivity index (χ4v) is 3.54. The summed E-state index contributed by atoms with van der Waals surface area (Å²) in [6.07, 6.45) is 0. The number of rotatable bonds is 5. The molecular formula is C24H16Cl2FN3O3. The summed E-state index contributed by atoms with van der Waals surface area (Å²) >= 11 is 12.1. The van der Waals surface area contributed by atoms with E-state index < -0.39 is 23.5 Å². The predicted molar refractivity (Wildman–Crippen MR) is 126 cm³/mol. The van der Waals surface area contributed by atoms with Crippen LogP contribution in [0.4, 0.5) is 21.5 Å². The van der Waals surface area contributed by atoms with Gasteiger partial charge in [0.25, 0.3) is 17.7 Å². The number of hydrogen-bond acceptors (Lipinski definition) is 4. The molecule has 166 valence electrons. The minimum absolute atomic E-state index is 0.101. The predicted octanol–water partition coefficient (Wildman–Crippen LogP) is 5.48. The fourth-order valence-electron chi connectivity index (χ4n) is 3.21. The van der Waals surface area contributed by atoms with E-state index in [4.69, 9.17) is 23.2 Å².